The van der Waals surface area contributed by atoms with Crippen LogP contribution >= 0.6 is 0 Å². The first-order valence-electron chi connectivity index (χ1n) is 2.57. The Morgan fingerprint density at radius 1 is 1.73 bits per heavy atom. The molecule has 1 atom stereocenters. The van der Waals surface area contributed by atoms with Crippen LogP contribution in [-0.2, 0) is 16.2 Å². The van der Waals surface area contributed by atoms with Crippen molar-refractivity contribution in [3.05, 3.63) is 0 Å². The van der Waals surface area contributed by atoms with E-state index in [1.165, 1.54) is 0 Å². The van der Waals surface area contributed by atoms with Crippen molar-refractivity contribution in [1.29, 1.82) is 0 Å². The summed E-state index contributed by atoms with van der Waals surface area (Å²) in [6.07, 6.45) is 1.37. The van der Waals surface area contributed by atoms with Crippen LogP contribution in [0.5, 0.6) is 0 Å². The van der Waals surface area contributed by atoms with E-state index in [0.29, 0.717) is 6.42 Å². The Bertz CT molecular complexity index is 117. The minimum Gasteiger partial charge on any atom is -0.750 e. The number of primary amides is 1. The molecule has 0 radical (unpaired) electrons. The normalized spacial score (nSPS) is 10.1. The van der Waals surface area contributed by atoms with Crippen LogP contribution in [0, 0.1) is 0 Å². The molecule has 0 heterocycles. The van der Waals surface area contributed by atoms with E-state index in [4.69, 9.17) is 19.0 Å². The van der Waals surface area contributed by atoms with Gasteiger partial charge in [-0.1, -0.05) is 6.92 Å². The SMILES string of the molecule is CCCC(N)=O.O=S([O-])O.[K+]. The second kappa shape index (κ2) is 13.7. The van der Waals surface area contributed by atoms with Gasteiger partial charge in [0.05, 0.1) is 11.4 Å². The summed E-state index contributed by atoms with van der Waals surface area (Å²) < 4.78 is 24.1. The number of hydrogen-bond donors (Lipinski definition) is 2. The molecule has 1 unspecified atom stereocenters. The van der Waals surface area contributed by atoms with E-state index in [2.05, 4.69) is 0 Å². The molecule has 0 aliphatic rings. The first-order valence-corrected chi connectivity index (χ1v) is 3.60. The van der Waals surface area contributed by atoms with Crippen LogP contribution in [0.15, 0.2) is 0 Å². The van der Waals surface area contributed by atoms with Gasteiger partial charge in [0.25, 0.3) is 0 Å². The van der Waals surface area contributed by atoms with Gasteiger partial charge in [-0.15, -0.1) is 0 Å². The molecule has 3 N–H and O–H groups in total. The van der Waals surface area contributed by atoms with Gasteiger partial charge in [0, 0.05) is 6.42 Å². The molecule has 0 aliphatic heterocycles. The molecule has 0 saturated heterocycles. The third kappa shape index (κ3) is 54.0. The van der Waals surface area contributed by atoms with Crippen molar-refractivity contribution in [2.45, 2.75) is 19.8 Å². The minimum absolute atomic E-state index is 0. The molecule has 0 aromatic rings. The smallest absolute Gasteiger partial charge is 0.750 e. The molecule has 0 aromatic carbocycles. The van der Waals surface area contributed by atoms with Crippen molar-refractivity contribution < 1.29 is 69.5 Å². The Hall–Kier alpha value is 1.18. The maximum atomic E-state index is 9.82. The summed E-state index contributed by atoms with van der Waals surface area (Å²) in [6, 6.07) is 0. The molecule has 0 saturated carbocycles. The molecule has 11 heavy (non-hydrogen) atoms. The van der Waals surface area contributed by atoms with E-state index >= 15 is 0 Å². The van der Waals surface area contributed by atoms with Crippen LogP contribution in [0.4, 0.5) is 0 Å². The van der Waals surface area contributed by atoms with Gasteiger partial charge < -0.3 is 14.8 Å². The molecule has 0 aliphatic carbocycles. The minimum atomic E-state index is -2.86. The molecule has 0 aromatic heterocycles. The molecule has 62 valence electrons. The summed E-state index contributed by atoms with van der Waals surface area (Å²) in [5.74, 6) is -0.211. The first-order chi connectivity index (χ1) is 4.50. The van der Waals surface area contributed by atoms with E-state index in [-0.39, 0.29) is 57.3 Å². The van der Waals surface area contributed by atoms with Crippen LogP contribution in [0.1, 0.15) is 19.8 Å². The van der Waals surface area contributed by atoms with Crippen molar-refractivity contribution in [2.75, 3.05) is 0 Å². The Kier molecular flexibility index (Phi) is 22.6. The van der Waals surface area contributed by atoms with Crippen molar-refractivity contribution >= 4 is 17.3 Å². The van der Waals surface area contributed by atoms with Gasteiger partial charge in [-0.05, 0) is 6.42 Å². The fourth-order valence-electron chi connectivity index (χ4n) is 0.246. The van der Waals surface area contributed by atoms with Gasteiger partial charge in [0.1, 0.15) is 0 Å². The van der Waals surface area contributed by atoms with Crippen LogP contribution in [0.3, 0.4) is 0 Å². The second-order valence-corrected chi connectivity index (χ2v) is 1.87. The van der Waals surface area contributed by atoms with E-state index in [9.17, 15) is 4.79 Å². The van der Waals surface area contributed by atoms with Crippen molar-refractivity contribution in [3.63, 3.8) is 0 Å². The maximum absolute atomic E-state index is 9.82. The molecule has 0 rings (SSSR count). The average molecular weight is 207 g/mol. The molecule has 0 fully saturated rings. The predicted octanol–water partition coefficient (Wildman–Crippen LogP) is -3.39. The molecule has 5 nitrogen and oxygen atoms in total. The second-order valence-electron chi connectivity index (χ2n) is 1.43. The summed E-state index contributed by atoms with van der Waals surface area (Å²) in [5.41, 5.74) is 4.76. The van der Waals surface area contributed by atoms with Gasteiger partial charge in [-0.2, -0.15) is 0 Å². The molecular weight excluding hydrogens is 197 g/mol. The van der Waals surface area contributed by atoms with Crippen LogP contribution in [0.2, 0.25) is 0 Å². The zero-order valence-corrected chi connectivity index (χ0v) is 10.5. The third-order valence-corrected chi connectivity index (χ3v) is 0.496. The largest absolute Gasteiger partial charge is 1.00 e. The van der Waals surface area contributed by atoms with Crippen molar-refractivity contribution in [3.8, 4) is 0 Å². The van der Waals surface area contributed by atoms with E-state index < -0.39 is 11.4 Å². The van der Waals surface area contributed by atoms with Crippen LogP contribution in [0.25, 0.3) is 0 Å². The number of carbonyl (C=O) groups excluding carboxylic acids is 1. The van der Waals surface area contributed by atoms with Gasteiger partial charge in [0.15, 0.2) is 0 Å². The van der Waals surface area contributed by atoms with Crippen LogP contribution < -0.4 is 57.1 Å². The summed E-state index contributed by atoms with van der Waals surface area (Å²) in [4.78, 5) is 9.82. The molecule has 7 heteroatoms. The monoisotopic (exact) mass is 207 g/mol. The first kappa shape index (κ1) is 18.1. The Labute approximate surface area is 111 Å². The van der Waals surface area contributed by atoms with Gasteiger partial charge >= 0.3 is 51.4 Å². The van der Waals surface area contributed by atoms with Crippen LogP contribution in [-0.4, -0.2) is 19.2 Å². The van der Waals surface area contributed by atoms with E-state index in [1.54, 1.807) is 0 Å². The molecular formula is C4H10KNO4S. The number of rotatable bonds is 2. The standard InChI is InChI=1S/C4H9NO.K.H2O3S/c1-2-3-4(5)6;;1-4(2)3/h2-3H2,1H3,(H2,5,6);;(H2,1,2,3)/q;+1;/p-1. The average Bonchev–Trinajstić information content (AvgIpc) is 1.62. The fourth-order valence-corrected chi connectivity index (χ4v) is 0.246. The summed E-state index contributed by atoms with van der Waals surface area (Å²) in [7, 11) is 0. The predicted molar refractivity (Wildman–Crippen MR) is 35.7 cm³/mol. The van der Waals surface area contributed by atoms with Gasteiger partial charge in [-0.25, -0.2) is 4.21 Å². The number of amides is 1. The zero-order valence-electron chi connectivity index (χ0n) is 6.57. The fraction of sp³-hybridized carbons (Fsp3) is 0.750. The maximum Gasteiger partial charge on any atom is 1.00 e. The molecule has 0 bridgehead atoms. The van der Waals surface area contributed by atoms with Gasteiger partial charge in [0.2, 0.25) is 5.91 Å². The summed E-state index contributed by atoms with van der Waals surface area (Å²) in [5, 5.41) is 0. The van der Waals surface area contributed by atoms with Crippen molar-refractivity contribution in [2.24, 2.45) is 5.73 Å². The Morgan fingerprint density at radius 2 is 2.00 bits per heavy atom. The molecule has 0 spiro atoms. The van der Waals surface area contributed by atoms with Crippen molar-refractivity contribution in [1.82, 2.24) is 0 Å². The van der Waals surface area contributed by atoms with E-state index in [1.807, 2.05) is 6.92 Å². The molecule has 1 amide bonds. The van der Waals surface area contributed by atoms with E-state index in [0.717, 1.165) is 6.42 Å². The summed E-state index contributed by atoms with van der Waals surface area (Å²) in [6.45, 7) is 1.92. The third-order valence-electron chi connectivity index (χ3n) is 0.496. The Morgan fingerprint density at radius 3 is 2.00 bits per heavy atom. The Balaban J connectivity index is -0.000000114. The summed E-state index contributed by atoms with van der Waals surface area (Å²) >= 11 is -2.86. The number of carbonyl (C=O) groups is 1. The number of hydrogen-bond acceptors (Lipinski definition) is 3. The van der Waals surface area contributed by atoms with Gasteiger partial charge in [-0.3, -0.25) is 4.79 Å². The number of nitrogens with two attached hydrogens (primary N) is 1. The quantitative estimate of drug-likeness (QED) is 0.364. The topological polar surface area (TPSA) is 103 Å². The zero-order chi connectivity index (χ0) is 8.57.